The molecule has 0 aliphatic heterocycles. The van der Waals surface area contributed by atoms with E-state index in [0.717, 1.165) is 16.5 Å². The van der Waals surface area contributed by atoms with Gasteiger partial charge >= 0.3 is 5.97 Å². The predicted molar refractivity (Wildman–Crippen MR) is 136 cm³/mol. The van der Waals surface area contributed by atoms with Gasteiger partial charge in [-0.15, -0.1) is 0 Å². The Bertz CT molecular complexity index is 1400. The SMILES string of the molecule is COC(=O)[C@H](Cc1ccccc1)Nc1ccc(NS(=O)(=O)c2ccc(C)cc2)c2ccccc12. The highest BCUT2D eigenvalue weighted by Gasteiger charge is 2.22. The number of carbonyl (C=O) groups excluding carboxylic acids is 1. The van der Waals surface area contributed by atoms with E-state index in [2.05, 4.69) is 10.0 Å². The fourth-order valence-electron chi connectivity index (χ4n) is 3.81. The van der Waals surface area contributed by atoms with Crippen molar-refractivity contribution in [3.63, 3.8) is 0 Å². The quantitative estimate of drug-likeness (QED) is 0.345. The van der Waals surface area contributed by atoms with Gasteiger partial charge in [0.1, 0.15) is 6.04 Å². The Balaban J connectivity index is 1.67. The molecule has 6 nitrogen and oxygen atoms in total. The number of anilines is 2. The highest BCUT2D eigenvalue weighted by atomic mass is 32.2. The molecule has 2 N–H and O–H groups in total. The third kappa shape index (κ3) is 5.21. The van der Waals surface area contributed by atoms with Gasteiger partial charge in [-0.05, 0) is 36.8 Å². The highest BCUT2D eigenvalue weighted by molar-refractivity contribution is 7.92. The summed E-state index contributed by atoms with van der Waals surface area (Å²) in [5, 5.41) is 4.80. The van der Waals surface area contributed by atoms with Crippen molar-refractivity contribution in [1.82, 2.24) is 0 Å². The van der Waals surface area contributed by atoms with Crippen LogP contribution in [0.1, 0.15) is 11.1 Å². The Morgan fingerprint density at radius 2 is 1.41 bits per heavy atom. The van der Waals surface area contributed by atoms with Crippen LogP contribution in [0, 0.1) is 6.92 Å². The largest absolute Gasteiger partial charge is 0.467 e. The molecule has 0 heterocycles. The zero-order valence-corrected chi connectivity index (χ0v) is 19.8. The molecule has 0 fully saturated rings. The lowest BCUT2D eigenvalue weighted by Crippen LogP contribution is -2.33. The Kier molecular flexibility index (Phi) is 6.84. The summed E-state index contributed by atoms with van der Waals surface area (Å²) in [7, 11) is -2.40. The number of ether oxygens (including phenoxy) is 1. The standard InChI is InChI=1S/C27H26N2O4S/c1-19-12-14-21(15-13-19)34(31,32)29-25-17-16-24(22-10-6-7-11-23(22)25)28-26(27(30)33-2)18-20-8-4-3-5-9-20/h3-17,26,28-29H,18H2,1-2H3/t26-/m0/s1. The number of fused-ring (bicyclic) bond motifs is 1. The fourth-order valence-corrected chi connectivity index (χ4v) is 4.89. The third-order valence-electron chi connectivity index (χ3n) is 5.60. The van der Waals surface area contributed by atoms with E-state index in [1.54, 1.807) is 36.4 Å². The molecule has 7 heteroatoms. The summed E-state index contributed by atoms with van der Waals surface area (Å²) in [5.74, 6) is -0.378. The van der Waals surface area contributed by atoms with Crippen molar-refractivity contribution < 1.29 is 17.9 Å². The molecule has 174 valence electrons. The molecular weight excluding hydrogens is 448 g/mol. The molecule has 0 bridgehead atoms. The second kappa shape index (κ2) is 9.97. The Morgan fingerprint density at radius 3 is 2.06 bits per heavy atom. The molecule has 0 radical (unpaired) electrons. The minimum absolute atomic E-state index is 0.193. The second-order valence-corrected chi connectivity index (χ2v) is 9.72. The van der Waals surface area contributed by atoms with Crippen molar-refractivity contribution in [3.05, 3.63) is 102 Å². The van der Waals surface area contributed by atoms with Crippen LogP contribution in [0.25, 0.3) is 10.8 Å². The first kappa shape index (κ1) is 23.3. The summed E-state index contributed by atoms with van der Waals surface area (Å²) in [6.45, 7) is 1.91. The first-order valence-electron chi connectivity index (χ1n) is 10.9. The van der Waals surface area contributed by atoms with Gasteiger partial charge in [-0.1, -0.05) is 72.3 Å². The fraction of sp³-hybridized carbons (Fsp3) is 0.148. The van der Waals surface area contributed by atoms with Crippen molar-refractivity contribution in [2.24, 2.45) is 0 Å². The van der Waals surface area contributed by atoms with Crippen molar-refractivity contribution in [2.45, 2.75) is 24.3 Å². The summed E-state index contributed by atoms with van der Waals surface area (Å²) < 4.78 is 33.7. The van der Waals surface area contributed by atoms with Crippen LogP contribution in [0.5, 0.6) is 0 Å². The Morgan fingerprint density at radius 1 is 0.824 bits per heavy atom. The summed E-state index contributed by atoms with van der Waals surface area (Å²) in [5.41, 5.74) is 3.15. The second-order valence-electron chi connectivity index (χ2n) is 8.03. The lowest BCUT2D eigenvalue weighted by molar-refractivity contribution is -0.141. The summed E-state index contributed by atoms with van der Waals surface area (Å²) in [6.07, 6.45) is 0.448. The number of hydrogen-bond donors (Lipinski definition) is 2. The highest BCUT2D eigenvalue weighted by Crippen LogP contribution is 2.32. The van der Waals surface area contributed by atoms with Gasteiger partial charge in [0, 0.05) is 22.9 Å². The average Bonchev–Trinajstić information content (AvgIpc) is 2.85. The minimum atomic E-state index is -3.76. The van der Waals surface area contributed by atoms with E-state index in [4.69, 9.17) is 4.74 Å². The molecule has 1 atom stereocenters. The minimum Gasteiger partial charge on any atom is -0.467 e. The smallest absolute Gasteiger partial charge is 0.328 e. The lowest BCUT2D eigenvalue weighted by Gasteiger charge is -2.20. The topological polar surface area (TPSA) is 84.5 Å². The first-order valence-corrected chi connectivity index (χ1v) is 12.4. The third-order valence-corrected chi connectivity index (χ3v) is 6.98. The molecule has 34 heavy (non-hydrogen) atoms. The molecule has 0 saturated heterocycles. The van der Waals surface area contributed by atoms with E-state index in [1.165, 1.54) is 7.11 Å². The van der Waals surface area contributed by atoms with Gasteiger partial charge in [-0.25, -0.2) is 13.2 Å². The van der Waals surface area contributed by atoms with Gasteiger partial charge in [-0.3, -0.25) is 4.72 Å². The number of aryl methyl sites for hydroxylation is 1. The van der Waals surface area contributed by atoms with Crippen LogP contribution >= 0.6 is 0 Å². The average molecular weight is 475 g/mol. The van der Waals surface area contributed by atoms with Gasteiger partial charge in [0.05, 0.1) is 17.7 Å². The van der Waals surface area contributed by atoms with Crippen molar-refractivity contribution in [2.75, 3.05) is 17.1 Å². The molecule has 0 aromatic heterocycles. The number of benzene rings is 4. The maximum Gasteiger partial charge on any atom is 0.328 e. The van der Waals surface area contributed by atoms with Gasteiger partial charge < -0.3 is 10.1 Å². The van der Waals surface area contributed by atoms with Crippen molar-refractivity contribution in [3.8, 4) is 0 Å². The van der Waals surface area contributed by atoms with Crippen LogP contribution in [-0.2, 0) is 26.0 Å². The summed E-state index contributed by atoms with van der Waals surface area (Å²) >= 11 is 0. The van der Waals surface area contributed by atoms with E-state index >= 15 is 0 Å². The molecule has 0 amide bonds. The molecule has 0 spiro atoms. The molecule has 0 saturated carbocycles. The molecule has 0 aliphatic rings. The predicted octanol–water partition coefficient (Wildman–Crippen LogP) is 5.15. The molecular formula is C27H26N2O4S. The summed E-state index contributed by atoms with van der Waals surface area (Å²) in [6, 6.07) is 26.7. The van der Waals surface area contributed by atoms with Crippen LogP contribution in [0.3, 0.4) is 0 Å². The van der Waals surface area contributed by atoms with E-state index in [0.29, 0.717) is 23.2 Å². The number of methoxy groups -OCH3 is 1. The molecule has 0 unspecified atom stereocenters. The van der Waals surface area contributed by atoms with E-state index in [9.17, 15) is 13.2 Å². The zero-order chi connectivity index (χ0) is 24.1. The van der Waals surface area contributed by atoms with Gasteiger partial charge in [0.2, 0.25) is 0 Å². The normalized spacial score (nSPS) is 12.2. The number of nitrogens with one attached hydrogen (secondary N) is 2. The monoisotopic (exact) mass is 474 g/mol. The van der Waals surface area contributed by atoms with Gasteiger partial charge in [0.15, 0.2) is 0 Å². The Hall–Kier alpha value is -3.84. The van der Waals surface area contributed by atoms with Crippen LogP contribution in [0.2, 0.25) is 0 Å². The van der Waals surface area contributed by atoms with Crippen LogP contribution in [-0.4, -0.2) is 27.5 Å². The van der Waals surface area contributed by atoms with E-state index < -0.39 is 16.1 Å². The molecule has 0 aliphatic carbocycles. The number of carbonyl (C=O) groups is 1. The zero-order valence-electron chi connectivity index (χ0n) is 19.0. The summed E-state index contributed by atoms with van der Waals surface area (Å²) in [4.78, 5) is 12.7. The number of esters is 1. The Labute approximate surface area is 199 Å². The molecule has 4 aromatic carbocycles. The molecule has 4 rings (SSSR count). The molecule has 4 aromatic rings. The van der Waals surface area contributed by atoms with Crippen LogP contribution < -0.4 is 10.0 Å². The van der Waals surface area contributed by atoms with Gasteiger partial charge in [0.25, 0.3) is 10.0 Å². The lowest BCUT2D eigenvalue weighted by atomic mass is 10.0. The number of rotatable bonds is 8. The first-order chi connectivity index (χ1) is 16.4. The van der Waals surface area contributed by atoms with Crippen LogP contribution in [0.15, 0.2) is 95.9 Å². The maximum atomic E-state index is 13.0. The van der Waals surface area contributed by atoms with Crippen molar-refractivity contribution in [1.29, 1.82) is 0 Å². The van der Waals surface area contributed by atoms with Crippen LogP contribution in [0.4, 0.5) is 11.4 Å². The van der Waals surface area contributed by atoms with E-state index in [-0.39, 0.29) is 10.9 Å². The maximum absolute atomic E-state index is 13.0. The van der Waals surface area contributed by atoms with Crippen molar-refractivity contribution >= 4 is 38.1 Å². The number of sulfonamides is 1. The number of hydrogen-bond acceptors (Lipinski definition) is 5. The van der Waals surface area contributed by atoms with Gasteiger partial charge in [-0.2, -0.15) is 0 Å². The van der Waals surface area contributed by atoms with E-state index in [1.807, 2.05) is 61.5 Å².